The van der Waals surface area contributed by atoms with Crippen LogP contribution in [-0.2, 0) is 4.79 Å². The molecule has 0 aliphatic heterocycles. The van der Waals surface area contributed by atoms with Crippen LogP contribution in [0.2, 0.25) is 0 Å². The predicted molar refractivity (Wildman–Crippen MR) is 60.8 cm³/mol. The molecule has 0 aliphatic rings. The monoisotopic (exact) mass is 206 g/mol. The molecule has 1 aromatic rings. The van der Waals surface area contributed by atoms with Crippen LogP contribution < -0.4 is 10.1 Å². The van der Waals surface area contributed by atoms with Crippen LogP contribution >= 0.6 is 0 Å². The predicted octanol–water partition coefficient (Wildman–Crippen LogP) is 2.73. The zero-order chi connectivity index (χ0) is 10.9. The van der Waals surface area contributed by atoms with E-state index in [4.69, 9.17) is 4.74 Å². The summed E-state index contributed by atoms with van der Waals surface area (Å²) in [5.41, 5.74) is 0.728. The highest BCUT2D eigenvalue weighted by Crippen LogP contribution is 2.15. The molecule has 0 unspecified atom stereocenters. The standard InChI is InChI=1S/C12H16NO2/c1-2-3-4-9-15-12-7-5-11(6-8-12)13-10-14/h5-8H,2-4,9H2,1H3,(H,13,14). The second kappa shape index (κ2) is 6.87. The summed E-state index contributed by atoms with van der Waals surface area (Å²) in [6.07, 6.45) is 5.09. The van der Waals surface area contributed by atoms with Gasteiger partial charge in [0, 0.05) is 5.69 Å². The molecule has 1 amide bonds. The average molecular weight is 206 g/mol. The maximum atomic E-state index is 10.0. The number of rotatable bonds is 7. The Kier molecular flexibility index (Phi) is 5.30. The number of hydrogen-bond donors (Lipinski definition) is 1. The molecule has 1 radical (unpaired) electrons. The molecule has 0 atom stereocenters. The van der Waals surface area contributed by atoms with E-state index < -0.39 is 0 Å². The number of amides is 1. The molecule has 1 rings (SSSR count). The van der Waals surface area contributed by atoms with Crippen molar-refractivity contribution in [2.24, 2.45) is 0 Å². The van der Waals surface area contributed by atoms with Crippen LogP contribution in [0.15, 0.2) is 24.3 Å². The van der Waals surface area contributed by atoms with E-state index in [-0.39, 0.29) is 0 Å². The fourth-order valence-electron chi connectivity index (χ4n) is 1.24. The van der Waals surface area contributed by atoms with E-state index in [1.54, 1.807) is 18.5 Å². The SMILES string of the molecule is CCCCCOc1ccc(N[C]=O)cc1. The van der Waals surface area contributed by atoms with Crippen molar-refractivity contribution < 1.29 is 9.53 Å². The Morgan fingerprint density at radius 3 is 2.60 bits per heavy atom. The van der Waals surface area contributed by atoms with Crippen LogP contribution in [0.25, 0.3) is 0 Å². The Labute approximate surface area is 90.4 Å². The smallest absolute Gasteiger partial charge is 0.314 e. The van der Waals surface area contributed by atoms with Gasteiger partial charge in [-0.3, -0.25) is 4.79 Å². The second-order valence-corrected chi connectivity index (χ2v) is 3.31. The summed E-state index contributed by atoms with van der Waals surface area (Å²) in [6, 6.07) is 7.26. The van der Waals surface area contributed by atoms with Crippen molar-refractivity contribution in [3.63, 3.8) is 0 Å². The quantitative estimate of drug-likeness (QED) is 0.550. The average Bonchev–Trinajstić information content (AvgIpc) is 2.27. The van der Waals surface area contributed by atoms with Crippen LogP contribution in [0.3, 0.4) is 0 Å². The molecule has 0 aromatic heterocycles. The third-order valence-corrected chi connectivity index (χ3v) is 2.07. The summed E-state index contributed by atoms with van der Waals surface area (Å²) in [4.78, 5) is 10.0. The van der Waals surface area contributed by atoms with Crippen molar-refractivity contribution in [3.8, 4) is 5.75 Å². The summed E-state index contributed by atoms with van der Waals surface area (Å²) in [6.45, 7) is 2.91. The van der Waals surface area contributed by atoms with Gasteiger partial charge in [-0.05, 0) is 30.7 Å². The van der Waals surface area contributed by atoms with Gasteiger partial charge in [0.05, 0.1) is 6.61 Å². The van der Waals surface area contributed by atoms with Gasteiger partial charge >= 0.3 is 6.41 Å². The first-order valence-electron chi connectivity index (χ1n) is 5.23. The zero-order valence-corrected chi connectivity index (χ0v) is 8.95. The molecular formula is C12H16NO2. The van der Waals surface area contributed by atoms with Gasteiger partial charge in [-0.15, -0.1) is 0 Å². The Hall–Kier alpha value is -1.51. The molecule has 1 N–H and O–H groups in total. The molecule has 0 bridgehead atoms. The highest BCUT2D eigenvalue weighted by Gasteiger charge is 1.94. The van der Waals surface area contributed by atoms with Crippen molar-refractivity contribution in [3.05, 3.63) is 24.3 Å². The fraction of sp³-hybridized carbons (Fsp3) is 0.417. The Morgan fingerprint density at radius 2 is 2.00 bits per heavy atom. The lowest BCUT2D eigenvalue weighted by Crippen LogP contribution is -1.97. The first-order chi connectivity index (χ1) is 7.36. The van der Waals surface area contributed by atoms with Crippen LogP contribution in [0.4, 0.5) is 5.69 Å². The molecule has 0 fully saturated rings. The second-order valence-electron chi connectivity index (χ2n) is 3.31. The molecule has 81 valence electrons. The minimum atomic E-state index is 0.728. The highest BCUT2D eigenvalue weighted by molar-refractivity contribution is 5.71. The number of hydrogen-bond acceptors (Lipinski definition) is 2. The van der Waals surface area contributed by atoms with Crippen molar-refractivity contribution in [1.29, 1.82) is 0 Å². The lowest BCUT2D eigenvalue weighted by atomic mass is 10.2. The first kappa shape index (κ1) is 11.6. The normalized spacial score (nSPS) is 9.67. The van der Waals surface area contributed by atoms with Crippen molar-refractivity contribution in [2.75, 3.05) is 11.9 Å². The maximum absolute atomic E-state index is 10.0. The van der Waals surface area contributed by atoms with E-state index in [0.717, 1.165) is 24.5 Å². The number of ether oxygens (including phenoxy) is 1. The topological polar surface area (TPSA) is 38.3 Å². The fourth-order valence-corrected chi connectivity index (χ4v) is 1.24. The molecule has 0 saturated heterocycles. The van der Waals surface area contributed by atoms with E-state index in [1.807, 2.05) is 12.1 Å². The molecule has 0 heterocycles. The van der Waals surface area contributed by atoms with Crippen LogP contribution in [0.1, 0.15) is 26.2 Å². The van der Waals surface area contributed by atoms with Crippen molar-refractivity contribution in [2.45, 2.75) is 26.2 Å². The minimum absolute atomic E-state index is 0.728. The van der Waals surface area contributed by atoms with E-state index >= 15 is 0 Å². The van der Waals surface area contributed by atoms with E-state index in [0.29, 0.717) is 0 Å². The van der Waals surface area contributed by atoms with Gasteiger partial charge in [0.15, 0.2) is 0 Å². The molecule has 0 aliphatic carbocycles. The molecule has 0 spiro atoms. The molecule has 15 heavy (non-hydrogen) atoms. The number of anilines is 1. The largest absolute Gasteiger partial charge is 0.494 e. The third-order valence-electron chi connectivity index (χ3n) is 2.07. The highest BCUT2D eigenvalue weighted by atomic mass is 16.5. The van der Waals surface area contributed by atoms with Crippen molar-refractivity contribution >= 4 is 12.1 Å². The van der Waals surface area contributed by atoms with Crippen LogP contribution in [0.5, 0.6) is 5.75 Å². The molecule has 3 heteroatoms. The lowest BCUT2D eigenvalue weighted by molar-refractivity contribution is 0.306. The van der Waals surface area contributed by atoms with E-state index in [1.165, 1.54) is 12.8 Å². The van der Waals surface area contributed by atoms with E-state index in [9.17, 15) is 4.79 Å². The van der Waals surface area contributed by atoms with Gasteiger partial charge in [-0.25, -0.2) is 0 Å². The summed E-state index contributed by atoms with van der Waals surface area (Å²) in [5.74, 6) is 0.836. The molecule has 0 saturated carbocycles. The third kappa shape index (κ3) is 4.49. The minimum Gasteiger partial charge on any atom is -0.494 e. The van der Waals surface area contributed by atoms with E-state index in [2.05, 4.69) is 12.2 Å². The zero-order valence-electron chi connectivity index (χ0n) is 8.95. The molecule has 3 nitrogen and oxygen atoms in total. The molecular weight excluding hydrogens is 190 g/mol. The maximum Gasteiger partial charge on any atom is 0.314 e. The van der Waals surface area contributed by atoms with Gasteiger partial charge in [0.25, 0.3) is 0 Å². The molecule has 1 aromatic carbocycles. The Morgan fingerprint density at radius 1 is 1.27 bits per heavy atom. The van der Waals surface area contributed by atoms with Gasteiger partial charge in [-0.1, -0.05) is 19.8 Å². The van der Waals surface area contributed by atoms with Crippen LogP contribution in [-0.4, -0.2) is 13.0 Å². The summed E-state index contributed by atoms with van der Waals surface area (Å²) in [7, 11) is 0. The number of carbonyl (C=O) groups excluding carboxylic acids is 1. The Bertz CT molecular complexity index is 282. The lowest BCUT2D eigenvalue weighted by Gasteiger charge is -2.05. The van der Waals surface area contributed by atoms with Crippen molar-refractivity contribution in [1.82, 2.24) is 0 Å². The number of nitrogens with one attached hydrogen (secondary N) is 1. The van der Waals surface area contributed by atoms with Crippen LogP contribution in [0, 0.1) is 0 Å². The number of unbranched alkanes of at least 4 members (excludes halogenated alkanes) is 2. The Balaban J connectivity index is 2.32. The van der Waals surface area contributed by atoms with Gasteiger partial charge < -0.3 is 10.1 Å². The summed E-state index contributed by atoms with van der Waals surface area (Å²) in [5, 5.41) is 2.45. The summed E-state index contributed by atoms with van der Waals surface area (Å²) < 4.78 is 5.51. The van der Waals surface area contributed by atoms with Gasteiger partial charge in [0.2, 0.25) is 0 Å². The summed E-state index contributed by atoms with van der Waals surface area (Å²) >= 11 is 0. The number of benzene rings is 1. The van der Waals surface area contributed by atoms with Gasteiger partial charge in [-0.2, -0.15) is 0 Å². The first-order valence-corrected chi connectivity index (χ1v) is 5.23. The van der Waals surface area contributed by atoms with Gasteiger partial charge in [0.1, 0.15) is 5.75 Å².